The molecule has 0 N–H and O–H groups in total. The molecule has 0 spiro atoms. The molecule has 0 saturated heterocycles. The minimum absolute atomic E-state index is 0.192. The van der Waals surface area contributed by atoms with E-state index >= 15 is 0 Å². The number of fused-ring (bicyclic) bond motifs is 2. The van der Waals surface area contributed by atoms with E-state index in [9.17, 15) is 9.59 Å². The third-order valence-corrected chi connectivity index (χ3v) is 5.89. The summed E-state index contributed by atoms with van der Waals surface area (Å²) in [5.74, 6) is 1.03. The van der Waals surface area contributed by atoms with Crippen LogP contribution in [0.4, 0.5) is 0 Å². The first-order chi connectivity index (χ1) is 16.5. The minimum Gasteiger partial charge on any atom is -0.497 e. The number of carbonyl (C=O) groups is 1. The predicted octanol–water partition coefficient (Wildman–Crippen LogP) is 5.14. The van der Waals surface area contributed by atoms with Crippen molar-refractivity contribution in [2.75, 3.05) is 7.11 Å². The van der Waals surface area contributed by atoms with Crippen molar-refractivity contribution < 1.29 is 18.7 Å². The Kier molecular flexibility index (Phi) is 5.37. The number of para-hydroxylation sites is 2. The largest absolute Gasteiger partial charge is 0.497 e. The van der Waals surface area contributed by atoms with E-state index in [4.69, 9.17) is 13.9 Å². The zero-order valence-corrected chi connectivity index (χ0v) is 19.0. The summed E-state index contributed by atoms with van der Waals surface area (Å²) in [5, 5.41) is 0.408. The fourth-order valence-corrected chi connectivity index (χ4v) is 4.00. The molecule has 2 heterocycles. The topological polar surface area (TPSA) is 83.6 Å². The number of ether oxygens (including phenoxy) is 2. The Hall–Kier alpha value is -4.39. The van der Waals surface area contributed by atoms with Crippen molar-refractivity contribution in [1.82, 2.24) is 9.55 Å². The van der Waals surface area contributed by atoms with E-state index in [-0.39, 0.29) is 5.43 Å². The van der Waals surface area contributed by atoms with Crippen molar-refractivity contribution >= 4 is 28.0 Å². The standard InChI is InChI=1S/C27H22N2O5/c1-4-16-13-19-24(14-23(16)34-27(31)17-9-11-18(32-3)12-10-17)33-15-20(25(19)30)26-28-21-7-5-6-8-22(21)29(26)2/h5-15H,4H2,1-3H3. The second-order valence-corrected chi connectivity index (χ2v) is 7.89. The van der Waals surface area contributed by atoms with Gasteiger partial charge in [-0.25, -0.2) is 9.78 Å². The molecule has 34 heavy (non-hydrogen) atoms. The maximum atomic E-state index is 13.4. The molecule has 0 radical (unpaired) electrons. The highest BCUT2D eigenvalue weighted by Gasteiger charge is 2.19. The molecule has 170 valence electrons. The van der Waals surface area contributed by atoms with Gasteiger partial charge in [0.2, 0.25) is 5.43 Å². The molecule has 7 nitrogen and oxygen atoms in total. The first-order valence-corrected chi connectivity index (χ1v) is 10.9. The van der Waals surface area contributed by atoms with E-state index in [1.807, 2.05) is 42.8 Å². The van der Waals surface area contributed by atoms with E-state index in [2.05, 4.69) is 4.98 Å². The molecule has 5 rings (SSSR count). The lowest BCUT2D eigenvalue weighted by molar-refractivity contribution is 0.0733. The van der Waals surface area contributed by atoms with Crippen LogP contribution in [0.5, 0.6) is 11.5 Å². The molecule has 5 aromatic rings. The van der Waals surface area contributed by atoms with Crippen molar-refractivity contribution in [2.45, 2.75) is 13.3 Å². The van der Waals surface area contributed by atoms with Crippen molar-refractivity contribution in [3.63, 3.8) is 0 Å². The molecule has 0 unspecified atom stereocenters. The van der Waals surface area contributed by atoms with Gasteiger partial charge in [-0.1, -0.05) is 19.1 Å². The lowest BCUT2D eigenvalue weighted by Gasteiger charge is -2.11. The van der Waals surface area contributed by atoms with Gasteiger partial charge < -0.3 is 18.5 Å². The van der Waals surface area contributed by atoms with Gasteiger partial charge >= 0.3 is 5.97 Å². The highest BCUT2D eigenvalue weighted by molar-refractivity contribution is 5.92. The van der Waals surface area contributed by atoms with Gasteiger partial charge in [0.25, 0.3) is 0 Å². The molecule has 0 saturated carbocycles. The third kappa shape index (κ3) is 3.61. The summed E-state index contributed by atoms with van der Waals surface area (Å²) in [5.41, 5.74) is 3.35. The Balaban J connectivity index is 1.55. The Labute approximate surface area is 195 Å². The van der Waals surface area contributed by atoms with Crippen LogP contribution < -0.4 is 14.9 Å². The summed E-state index contributed by atoms with van der Waals surface area (Å²) in [6.45, 7) is 1.93. The number of methoxy groups -OCH3 is 1. The Morgan fingerprint density at radius 2 is 1.85 bits per heavy atom. The second-order valence-electron chi connectivity index (χ2n) is 7.89. The maximum Gasteiger partial charge on any atom is 0.343 e. The van der Waals surface area contributed by atoms with Crippen molar-refractivity contribution in [2.24, 2.45) is 7.05 Å². The van der Waals surface area contributed by atoms with E-state index in [1.165, 1.54) is 6.26 Å². The number of hydrogen-bond acceptors (Lipinski definition) is 6. The van der Waals surface area contributed by atoms with Gasteiger partial charge in [-0.05, 0) is 54.4 Å². The molecule has 0 aliphatic carbocycles. The van der Waals surface area contributed by atoms with Crippen LogP contribution in [-0.4, -0.2) is 22.6 Å². The van der Waals surface area contributed by atoms with Gasteiger partial charge in [-0.2, -0.15) is 0 Å². The Bertz CT molecular complexity index is 1600. The third-order valence-electron chi connectivity index (χ3n) is 5.89. The summed E-state index contributed by atoms with van der Waals surface area (Å²) in [7, 11) is 3.43. The van der Waals surface area contributed by atoms with Crippen LogP contribution in [0.3, 0.4) is 0 Å². The molecule has 0 fully saturated rings. The normalized spacial score (nSPS) is 11.1. The van der Waals surface area contributed by atoms with Crippen LogP contribution in [0.25, 0.3) is 33.4 Å². The van der Waals surface area contributed by atoms with Crippen molar-refractivity contribution in [3.8, 4) is 22.9 Å². The number of imidazole rings is 1. The lowest BCUT2D eigenvalue weighted by Crippen LogP contribution is -2.11. The highest BCUT2D eigenvalue weighted by Crippen LogP contribution is 2.29. The van der Waals surface area contributed by atoms with Crippen LogP contribution >= 0.6 is 0 Å². The Morgan fingerprint density at radius 3 is 2.56 bits per heavy atom. The van der Waals surface area contributed by atoms with Crippen LogP contribution in [-0.2, 0) is 13.5 Å². The van der Waals surface area contributed by atoms with E-state index in [1.54, 1.807) is 43.5 Å². The molecule has 3 aromatic carbocycles. The maximum absolute atomic E-state index is 13.4. The molecule has 0 bridgehead atoms. The fourth-order valence-electron chi connectivity index (χ4n) is 4.00. The molecular formula is C27H22N2O5. The molecule has 7 heteroatoms. The minimum atomic E-state index is -0.504. The van der Waals surface area contributed by atoms with Crippen LogP contribution in [0, 0.1) is 0 Å². The first-order valence-electron chi connectivity index (χ1n) is 10.9. The number of nitrogens with zero attached hydrogens (tertiary/aromatic N) is 2. The molecule has 2 aromatic heterocycles. The summed E-state index contributed by atoms with van der Waals surface area (Å²) >= 11 is 0. The lowest BCUT2D eigenvalue weighted by atomic mass is 10.1. The quantitative estimate of drug-likeness (QED) is 0.270. The number of aryl methyl sites for hydroxylation is 2. The molecule has 0 amide bonds. The van der Waals surface area contributed by atoms with Crippen LogP contribution in [0.15, 0.2) is 76.1 Å². The fraction of sp³-hybridized carbons (Fsp3) is 0.148. The highest BCUT2D eigenvalue weighted by atomic mass is 16.5. The van der Waals surface area contributed by atoms with Crippen LogP contribution in [0.1, 0.15) is 22.8 Å². The van der Waals surface area contributed by atoms with E-state index in [0.29, 0.717) is 45.8 Å². The number of hydrogen-bond donors (Lipinski definition) is 0. The number of carbonyl (C=O) groups excluding carboxylic acids is 1. The summed E-state index contributed by atoms with van der Waals surface area (Å²) < 4.78 is 18.5. The number of aromatic nitrogens is 2. The average molecular weight is 454 g/mol. The van der Waals surface area contributed by atoms with Gasteiger partial charge in [0.1, 0.15) is 34.7 Å². The van der Waals surface area contributed by atoms with Crippen LogP contribution in [0.2, 0.25) is 0 Å². The number of benzene rings is 3. The summed E-state index contributed by atoms with van der Waals surface area (Å²) in [6.07, 6.45) is 1.98. The smallest absolute Gasteiger partial charge is 0.343 e. The van der Waals surface area contributed by atoms with Gasteiger partial charge in [-0.3, -0.25) is 4.79 Å². The van der Waals surface area contributed by atoms with Gasteiger partial charge in [0.05, 0.1) is 29.1 Å². The van der Waals surface area contributed by atoms with E-state index in [0.717, 1.165) is 16.6 Å². The second kappa shape index (κ2) is 8.51. The molecule has 0 aliphatic rings. The van der Waals surface area contributed by atoms with Gasteiger partial charge in [0, 0.05) is 13.1 Å². The first kappa shape index (κ1) is 21.5. The molecule has 0 aliphatic heterocycles. The molecule has 0 atom stereocenters. The monoisotopic (exact) mass is 454 g/mol. The zero-order chi connectivity index (χ0) is 23.8. The summed E-state index contributed by atoms with van der Waals surface area (Å²) in [6, 6.07) is 17.7. The number of rotatable bonds is 5. The number of esters is 1. The average Bonchev–Trinajstić information content (AvgIpc) is 3.20. The SMILES string of the molecule is CCc1cc2c(=O)c(-c3nc4ccccc4n3C)coc2cc1OC(=O)c1ccc(OC)cc1. The van der Waals surface area contributed by atoms with Gasteiger partial charge in [-0.15, -0.1) is 0 Å². The van der Waals surface area contributed by atoms with Gasteiger partial charge in [0.15, 0.2) is 0 Å². The predicted molar refractivity (Wildman–Crippen MR) is 130 cm³/mol. The molecular weight excluding hydrogens is 432 g/mol. The summed E-state index contributed by atoms with van der Waals surface area (Å²) in [4.78, 5) is 30.7. The van der Waals surface area contributed by atoms with Crippen molar-refractivity contribution in [3.05, 3.63) is 88.3 Å². The van der Waals surface area contributed by atoms with E-state index < -0.39 is 5.97 Å². The Morgan fingerprint density at radius 1 is 1.09 bits per heavy atom. The zero-order valence-electron chi connectivity index (χ0n) is 19.0. The van der Waals surface area contributed by atoms with Crippen molar-refractivity contribution in [1.29, 1.82) is 0 Å².